The van der Waals surface area contributed by atoms with Crippen LogP contribution in [0.25, 0.3) is 0 Å². The van der Waals surface area contributed by atoms with Crippen LogP contribution >= 0.6 is 0 Å². The number of unbranched alkanes of at least 4 members (excludes halogenated alkanes) is 1. The molecule has 0 radical (unpaired) electrons. The predicted molar refractivity (Wildman–Crippen MR) is 55.3 cm³/mol. The summed E-state index contributed by atoms with van der Waals surface area (Å²) in [5.41, 5.74) is 5.65. The first-order valence-electron chi connectivity index (χ1n) is 5.04. The Balaban J connectivity index is 3.77. The number of carbonyl (C=O) groups excluding carboxylic acids is 1. The van der Waals surface area contributed by atoms with Crippen molar-refractivity contribution < 1.29 is 4.79 Å². The van der Waals surface area contributed by atoms with Gasteiger partial charge in [-0.05, 0) is 13.3 Å². The van der Waals surface area contributed by atoms with Crippen LogP contribution in [0.15, 0.2) is 0 Å². The van der Waals surface area contributed by atoms with Crippen LogP contribution in [0.5, 0.6) is 0 Å². The van der Waals surface area contributed by atoms with E-state index in [1.54, 1.807) is 6.92 Å². The number of carbonyl (C=O) groups is 1. The van der Waals surface area contributed by atoms with Crippen molar-refractivity contribution in [1.29, 1.82) is 5.26 Å². The number of nitrogens with two attached hydrogens (primary N) is 1. The Morgan fingerprint density at radius 3 is 2.79 bits per heavy atom. The minimum atomic E-state index is -0.434. The number of nitrogens with zero attached hydrogens (tertiary/aromatic N) is 1. The summed E-state index contributed by atoms with van der Waals surface area (Å²) in [6.07, 6.45) is 3.03. The summed E-state index contributed by atoms with van der Waals surface area (Å²) < 4.78 is 0. The molecule has 0 saturated heterocycles. The van der Waals surface area contributed by atoms with Gasteiger partial charge in [-0.15, -0.1) is 0 Å². The van der Waals surface area contributed by atoms with Crippen molar-refractivity contribution in [3.63, 3.8) is 0 Å². The number of amides is 1. The molecule has 2 unspecified atom stereocenters. The SMILES string of the molecule is CCCCC(N)C(=O)NC(C)CC#N. The van der Waals surface area contributed by atoms with Crippen LogP contribution in [0, 0.1) is 11.3 Å². The van der Waals surface area contributed by atoms with E-state index in [4.69, 9.17) is 11.0 Å². The van der Waals surface area contributed by atoms with Gasteiger partial charge in [0, 0.05) is 6.04 Å². The second-order valence-corrected chi connectivity index (χ2v) is 3.52. The molecule has 0 aliphatic heterocycles. The lowest BCUT2D eigenvalue weighted by Gasteiger charge is -2.15. The average Bonchev–Trinajstić information content (AvgIpc) is 2.14. The lowest BCUT2D eigenvalue weighted by molar-refractivity contribution is -0.123. The fourth-order valence-corrected chi connectivity index (χ4v) is 1.09. The number of hydrogen-bond acceptors (Lipinski definition) is 3. The van der Waals surface area contributed by atoms with Crippen molar-refractivity contribution in [1.82, 2.24) is 5.32 Å². The summed E-state index contributed by atoms with van der Waals surface area (Å²) >= 11 is 0. The molecule has 0 aromatic heterocycles. The highest BCUT2D eigenvalue weighted by Gasteiger charge is 2.14. The second kappa shape index (κ2) is 7.34. The fourth-order valence-electron chi connectivity index (χ4n) is 1.09. The normalized spacial score (nSPS) is 14.1. The highest BCUT2D eigenvalue weighted by molar-refractivity contribution is 5.81. The third-order valence-electron chi connectivity index (χ3n) is 1.99. The molecule has 0 saturated carbocycles. The zero-order valence-electron chi connectivity index (χ0n) is 8.92. The van der Waals surface area contributed by atoms with Crippen molar-refractivity contribution >= 4 is 5.91 Å². The number of hydrogen-bond donors (Lipinski definition) is 2. The lowest BCUT2D eigenvalue weighted by atomic mass is 10.1. The van der Waals surface area contributed by atoms with E-state index in [9.17, 15) is 4.79 Å². The van der Waals surface area contributed by atoms with Crippen LogP contribution in [0.1, 0.15) is 39.5 Å². The molecule has 0 aromatic rings. The first kappa shape index (κ1) is 12.9. The fraction of sp³-hybridized carbons (Fsp3) is 0.800. The highest BCUT2D eigenvalue weighted by atomic mass is 16.2. The van der Waals surface area contributed by atoms with E-state index in [-0.39, 0.29) is 11.9 Å². The van der Waals surface area contributed by atoms with Crippen molar-refractivity contribution in [2.45, 2.75) is 51.6 Å². The molecule has 2 atom stereocenters. The summed E-state index contributed by atoms with van der Waals surface area (Å²) in [6.45, 7) is 3.86. The van der Waals surface area contributed by atoms with Crippen molar-refractivity contribution in [3.05, 3.63) is 0 Å². The largest absolute Gasteiger partial charge is 0.351 e. The van der Waals surface area contributed by atoms with Crippen LogP contribution in [-0.4, -0.2) is 18.0 Å². The topological polar surface area (TPSA) is 78.9 Å². The highest BCUT2D eigenvalue weighted by Crippen LogP contribution is 1.99. The monoisotopic (exact) mass is 197 g/mol. The third kappa shape index (κ3) is 5.55. The molecule has 0 spiro atoms. The summed E-state index contributed by atoms with van der Waals surface area (Å²) in [4.78, 5) is 11.4. The van der Waals surface area contributed by atoms with Gasteiger partial charge < -0.3 is 11.1 Å². The average molecular weight is 197 g/mol. The Morgan fingerprint density at radius 1 is 1.64 bits per heavy atom. The Kier molecular flexibility index (Phi) is 6.77. The lowest BCUT2D eigenvalue weighted by Crippen LogP contribution is -2.44. The number of nitrogens with one attached hydrogen (secondary N) is 1. The Bertz CT molecular complexity index is 210. The van der Waals surface area contributed by atoms with Crippen molar-refractivity contribution in [3.8, 4) is 6.07 Å². The van der Waals surface area contributed by atoms with E-state index in [1.165, 1.54) is 0 Å². The van der Waals surface area contributed by atoms with Crippen LogP contribution in [0.3, 0.4) is 0 Å². The summed E-state index contributed by atoms with van der Waals surface area (Å²) in [6, 6.07) is 1.45. The van der Waals surface area contributed by atoms with Gasteiger partial charge in [-0.1, -0.05) is 19.8 Å². The van der Waals surface area contributed by atoms with Crippen LogP contribution in [-0.2, 0) is 4.79 Å². The van der Waals surface area contributed by atoms with Gasteiger partial charge >= 0.3 is 0 Å². The van der Waals surface area contributed by atoms with Gasteiger partial charge in [-0.2, -0.15) is 5.26 Å². The van der Waals surface area contributed by atoms with Gasteiger partial charge in [0.2, 0.25) is 5.91 Å². The van der Waals surface area contributed by atoms with Gasteiger partial charge in [0.25, 0.3) is 0 Å². The number of nitriles is 1. The molecule has 4 nitrogen and oxygen atoms in total. The molecule has 14 heavy (non-hydrogen) atoms. The minimum absolute atomic E-state index is 0.111. The van der Waals surface area contributed by atoms with Crippen LogP contribution in [0.2, 0.25) is 0 Å². The van der Waals surface area contributed by atoms with Gasteiger partial charge in [0.05, 0.1) is 18.5 Å². The van der Waals surface area contributed by atoms with Gasteiger partial charge in [0.1, 0.15) is 0 Å². The van der Waals surface area contributed by atoms with E-state index in [2.05, 4.69) is 12.2 Å². The standard InChI is InChI=1S/C10H19N3O/c1-3-4-5-9(12)10(14)13-8(2)6-7-11/h8-9H,3-6,12H2,1-2H3,(H,13,14). The Labute approximate surface area is 85.5 Å². The molecular weight excluding hydrogens is 178 g/mol. The zero-order valence-corrected chi connectivity index (χ0v) is 8.92. The van der Waals surface area contributed by atoms with E-state index in [0.29, 0.717) is 12.8 Å². The Morgan fingerprint density at radius 2 is 2.29 bits per heavy atom. The maximum absolute atomic E-state index is 11.4. The van der Waals surface area contributed by atoms with Gasteiger partial charge in [-0.25, -0.2) is 0 Å². The van der Waals surface area contributed by atoms with Gasteiger partial charge in [-0.3, -0.25) is 4.79 Å². The molecule has 0 rings (SSSR count). The maximum Gasteiger partial charge on any atom is 0.237 e. The van der Waals surface area contributed by atoms with Crippen LogP contribution in [0.4, 0.5) is 0 Å². The molecule has 0 aliphatic carbocycles. The van der Waals surface area contributed by atoms with E-state index in [0.717, 1.165) is 12.8 Å². The second-order valence-electron chi connectivity index (χ2n) is 3.52. The van der Waals surface area contributed by atoms with E-state index >= 15 is 0 Å². The zero-order chi connectivity index (χ0) is 11.0. The number of rotatable bonds is 6. The molecule has 0 aromatic carbocycles. The van der Waals surface area contributed by atoms with Crippen molar-refractivity contribution in [2.24, 2.45) is 5.73 Å². The predicted octanol–water partition coefficient (Wildman–Crippen LogP) is 0.922. The molecular formula is C10H19N3O. The first-order valence-corrected chi connectivity index (χ1v) is 5.04. The van der Waals surface area contributed by atoms with E-state index in [1.807, 2.05) is 6.07 Å². The maximum atomic E-state index is 11.4. The Hall–Kier alpha value is -1.08. The molecule has 0 aliphatic rings. The molecule has 3 N–H and O–H groups in total. The quantitative estimate of drug-likeness (QED) is 0.664. The molecule has 80 valence electrons. The summed E-state index contributed by atoms with van der Waals surface area (Å²) in [7, 11) is 0. The smallest absolute Gasteiger partial charge is 0.237 e. The minimum Gasteiger partial charge on any atom is -0.351 e. The third-order valence-corrected chi connectivity index (χ3v) is 1.99. The van der Waals surface area contributed by atoms with Crippen LogP contribution < -0.4 is 11.1 Å². The first-order chi connectivity index (χ1) is 6.61. The molecule has 0 heterocycles. The summed E-state index contributed by atoms with van der Waals surface area (Å²) in [5, 5.41) is 11.1. The molecule has 1 amide bonds. The summed E-state index contributed by atoms with van der Waals surface area (Å²) in [5.74, 6) is -0.152. The van der Waals surface area contributed by atoms with Gasteiger partial charge in [0.15, 0.2) is 0 Å². The van der Waals surface area contributed by atoms with Crippen molar-refractivity contribution in [2.75, 3.05) is 0 Å². The van der Waals surface area contributed by atoms with E-state index < -0.39 is 6.04 Å². The molecule has 4 heteroatoms. The molecule has 0 fully saturated rings. The molecule has 0 bridgehead atoms.